The number of fused-ring (bicyclic) bond motifs is 1. The first-order valence-electron chi connectivity index (χ1n) is 13.3. The number of β-amino-alcohol motifs (C(OH)–C–C–N with tert-alkyl or cyclic N) is 1. The topological polar surface area (TPSA) is 118 Å². The summed E-state index contributed by atoms with van der Waals surface area (Å²) in [5.74, 6) is 0.814. The maximum absolute atomic E-state index is 11.5. The summed E-state index contributed by atoms with van der Waals surface area (Å²) in [6, 6.07) is 14.2. The van der Waals surface area contributed by atoms with Crippen LogP contribution in [0.1, 0.15) is 68.7 Å². The number of hydrogen-bond donors (Lipinski definition) is 3. The van der Waals surface area contributed by atoms with E-state index in [0.29, 0.717) is 55.3 Å². The molecule has 2 aromatic carbocycles. The van der Waals surface area contributed by atoms with Crippen LogP contribution in [-0.2, 0) is 28.8 Å². The van der Waals surface area contributed by atoms with Crippen molar-refractivity contribution in [3.8, 4) is 11.8 Å². The Hall–Kier alpha value is -3.08. The number of hydrogen-bond acceptors (Lipinski definition) is 7. The number of aryl methyl sites for hydroxylation is 1. The van der Waals surface area contributed by atoms with Gasteiger partial charge in [-0.05, 0) is 94.0 Å². The van der Waals surface area contributed by atoms with Gasteiger partial charge in [0.1, 0.15) is 24.5 Å². The third-order valence-corrected chi connectivity index (χ3v) is 6.93. The number of nitrogens with one attached hydrogen (secondary N) is 1. The maximum Gasteiger partial charge on any atom is 0.305 e. The summed E-state index contributed by atoms with van der Waals surface area (Å²) in [5, 5.41) is 23.6. The zero-order valence-electron chi connectivity index (χ0n) is 22.4. The number of unbranched alkanes of at least 4 members (excludes halogenated alkanes) is 1. The molecule has 2 aromatic rings. The number of aliphatic hydroxyl groups excluding tert-OH is 1. The Bertz CT molecular complexity index is 1070. The van der Waals surface area contributed by atoms with Crippen LogP contribution in [-0.4, -0.2) is 42.5 Å². The van der Waals surface area contributed by atoms with Crippen LogP contribution in [0.15, 0.2) is 36.4 Å². The fourth-order valence-corrected chi connectivity index (χ4v) is 5.11. The van der Waals surface area contributed by atoms with Gasteiger partial charge in [-0.2, -0.15) is 5.26 Å². The second kappa shape index (κ2) is 13.5. The monoisotopic (exact) mass is 507 g/mol. The van der Waals surface area contributed by atoms with Gasteiger partial charge >= 0.3 is 5.97 Å². The Kier molecular flexibility index (Phi) is 10.4. The van der Waals surface area contributed by atoms with Crippen LogP contribution < -0.4 is 15.8 Å². The van der Waals surface area contributed by atoms with E-state index in [1.165, 1.54) is 11.1 Å². The number of rotatable bonds is 14. The first-order valence-corrected chi connectivity index (χ1v) is 13.3. The highest BCUT2D eigenvalue weighted by Gasteiger charge is 2.28. The van der Waals surface area contributed by atoms with E-state index in [1.807, 2.05) is 0 Å². The molecule has 0 fully saturated rings. The molecule has 7 heteroatoms. The standard InChI is InChI=1S/C30H41N3O4/c1-4-36-29(35)12-8-7-11-24-16-28(25(18-31)15-27(24)32)37-20-26(34)19-33-30(2,3)17-21-13-22-9-5-6-10-23(22)14-21/h5-6,9-10,15-16,21,26,33-34H,4,7-8,11-14,17,19-20,32H2,1-3H3/t26-/m1/s1. The Morgan fingerprint density at radius 3 is 2.59 bits per heavy atom. The van der Waals surface area contributed by atoms with Gasteiger partial charge in [-0.1, -0.05) is 24.3 Å². The molecule has 0 heterocycles. The smallest absolute Gasteiger partial charge is 0.305 e. The van der Waals surface area contributed by atoms with Crippen LogP contribution in [0.2, 0.25) is 0 Å². The van der Waals surface area contributed by atoms with Crippen LogP contribution in [0.25, 0.3) is 0 Å². The summed E-state index contributed by atoms with van der Waals surface area (Å²) in [5.41, 5.74) is 10.7. The number of nitrogens with zero attached hydrogens (tertiary/aromatic N) is 1. The lowest BCUT2D eigenvalue weighted by Gasteiger charge is -2.30. The Morgan fingerprint density at radius 1 is 1.24 bits per heavy atom. The number of carbonyl (C=O) groups excluding carboxylic acids is 1. The molecule has 0 aromatic heterocycles. The Labute approximate surface area is 221 Å². The van der Waals surface area contributed by atoms with E-state index in [2.05, 4.69) is 49.5 Å². The maximum atomic E-state index is 11.5. The first-order chi connectivity index (χ1) is 17.7. The van der Waals surface area contributed by atoms with Gasteiger partial charge in [-0.15, -0.1) is 0 Å². The summed E-state index contributed by atoms with van der Waals surface area (Å²) in [4.78, 5) is 11.5. The van der Waals surface area contributed by atoms with Crippen molar-refractivity contribution >= 4 is 11.7 Å². The lowest BCUT2D eigenvalue weighted by atomic mass is 9.88. The van der Waals surface area contributed by atoms with Gasteiger partial charge in [0.05, 0.1) is 12.2 Å². The molecular weight excluding hydrogens is 466 g/mol. The number of nitrogen functional groups attached to an aromatic ring is 1. The van der Waals surface area contributed by atoms with E-state index in [-0.39, 0.29) is 18.1 Å². The normalized spacial score (nSPS) is 14.1. The lowest BCUT2D eigenvalue weighted by Crippen LogP contribution is -2.46. The summed E-state index contributed by atoms with van der Waals surface area (Å²) in [6.07, 6.45) is 5.00. The minimum Gasteiger partial charge on any atom is -0.489 e. The lowest BCUT2D eigenvalue weighted by molar-refractivity contribution is -0.143. The molecule has 0 saturated heterocycles. The second-order valence-electron chi connectivity index (χ2n) is 10.6. The van der Waals surface area contributed by atoms with E-state index < -0.39 is 6.10 Å². The van der Waals surface area contributed by atoms with Crippen molar-refractivity contribution in [1.82, 2.24) is 5.32 Å². The molecule has 0 amide bonds. The fraction of sp³-hybridized carbons (Fsp3) is 0.533. The van der Waals surface area contributed by atoms with Crippen molar-refractivity contribution in [3.63, 3.8) is 0 Å². The Balaban J connectivity index is 1.46. The molecule has 0 radical (unpaired) electrons. The van der Waals surface area contributed by atoms with Crippen molar-refractivity contribution in [2.24, 2.45) is 5.92 Å². The molecule has 3 rings (SSSR count). The van der Waals surface area contributed by atoms with Crippen molar-refractivity contribution < 1.29 is 19.4 Å². The van der Waals surface area contributed by atoms with Crippen LogP contribution in [0.5, 0.6) is 5.75 Å². The molecule has 1 aliphatic rings. The van der Waals surface area contributed by atoms with Gasteiger partial charge in [0.15, 0.2) is 0 Å². The molecule has 4 N–H and O–H groups in total. The molecule has 1 atom stereocenters. The molecular formula is C30H41N3O4. The number of nitriles is 1. The quantitative estimate of drug-likeness (QED) is 0.198. The SMILES string of the molecule is CCOC(=O)CCCCc1cc(OC[C@H](O)CNC(C)(C)CC2Cc3ccccc3C2)c(C#N)cc1N. The van der Waals surface area contributed by atoms with Gasteiger partial charge < -0.3 is 25.6 Å². The van der Waals surface area contributed by atoms with E-state index in [4.69, 9.17) is 15.2 Å². The van der Waals surface area contributed by atoms with Gasteiger partial charge in [0.2, 0.25) is 0 Å². The van der Waals surface area contributed by atoms with Gasteiger partial charge in [-0.3, -0.25) is 4.79 Å². The number of nitrogens with two attached hydrogens (primary N) is 1. The largest absolute Gasteiger partial charge is 0.489 e. The van der Waals surface area contributed by atoms with Gasteiger partial charge in [0, 0.05) is 24.2 Å². The summed E-state index contributed by atoms with van der Waals surface area (Å²) >= 11 is 0. The molecule has 0 saturated carbocycles. The molecule has 0 unspecified atom stereocenters. The third-order valence-electron chi connectivity index (χ3n) is 6.93. The highest BCUT2D eigenvalue weighted by atomic mass is 16.5. The molecule has 37 heavy (non-hydrogen) atoms. The Morgan fingerprint density at radius 2 is 1.95 bits per heavy atom. The number of benzene rings is 2. The van der Waals surface area contributed by atoms with Crippen molar-refractivity contribution in [2.75, 3.05) is 25.5 Å². The minimum absolute atomic E-state index is 0.0683. The van der Waals surface area contributed by atoms with Crippen molar-refractivity contribution in [1.29, 1.82) is 5.26 Å². The zero-order valence-corrected chi connectivity index (χ0v) is 22.4. The molecule has 0 bridgehead atoms. The summed E-state index contributed by atoms with van der Waals surface area (Å²) < 4.78 is 10.8. The first kappa shape index (κ1) is 28.5. The van der Waals surface area contributed by atoms with E-state index in [9.17, 15) is 15.2 Å². The highest BCUT2D eigenvalue weighted by Crippen LogP contribution is 2.32. The van der Waals surface area contributed by atoms with Crippen LogP contribution >= 0.6 is 0 Å². The minimum atomic E-state index is -0.725. The van der Waals surface area contributed by atoms with Crippen molar-refractivity contribution in [2.45, 2.75) is 77.4 Å². The number of esters is 1. The van der Waals surface area contributed by atoms with Crippen LogP contribution in [0.4, 0.5) is 5.69 Å². The molecule has 0 aliphatic heterocycles. The number of aliphatic hydroxyl groups is 1. The summed E-state index contributed by atoms with van der Waals surface area (Å²) in [6.45, 7) is 6.98. The predicted octanol–water partition coefficient (Wildman–Crippen LogP) is 4.33. The van der Waals surface area contributed by atoms with E-state index >= 15 is 0 Å². The third kappa shape index (κ3) is 8.77. The molecule has 7 nitrogen and oxygen atoms in total. The van der Waals surface area contributed by atoms with E-state index in [0.717, 1.165) is 31.2 Å². The molecule has 200 valence electrons. The number of carbonyl (C=O) groups is 1. The van der Waals surface area contributed by atoms with E-state index in [1.54, 1.807) is 19.1 Å². The average molecular weight is 508 g/mol. The predicted molar refractivity (Wildman–Crippen MR) is 145 cm³/mol. The zero-order chi connectivity index (χ0) is 26.8. The van der Waals surface area contributed by atoms with Crippen LogP contribution in [0.3, 0.4) is 0 Å². The number of ether oxygens (including phenoxy) is 2. The van der Waals surface area contributed by atoms with Crippen LogP contribution in [0, 0.1) is 17.2 Å². The molecule has 1 aliphatic carbocycles. The average Bonchev–Trinajstić information content (AvgIpc) is 3.26. The van der Waals surface area contributed by atoms with Crippen molar-refractivity contribution in [3.05, 3.63) is 58.7 Å². The fourth-order valence-electron chi connectivity index (χ4n) is 5.11. The van der Waals surface area contributed by atoms with Gasteiger partial charge in [0.25, 0.3) is 0 Å². The molecule has 0 spiro atoms. The van der Waals surface area contributed by atoms with Gasteiger partial charge in [-0.25, -0.2) is 0 Å². The number of anilines is 1. The second-order valence-corrected chi connectivity index (χ2v) is 10.6. The summed E-state index contributed by atoms with van der Waals surface area (Å²) in [7, 11) is 0. The highest BCUT2D eigenvalue weighted by molar-refractivity contribution is 5.69.